The first-order valence-corrected chi connectivity index (χ1v) is 5.66. The van der Waals surface area contributed by atoms with Gasteiger partial charge < -0.3 is 10.7 Å². The molecule has 90 valence electrons. The van der Waals surface area contributed by atoms with Crippen LogP contribution < -0.4 is 5.73 Å². The molecular formula is C14H12FN3. The quantitative estimate of drug-likeness (QED) is 0.642. The van der Waals surface area contributed by atoms with E-state index in [0.717, 1.165) is 11.1 Å². The Hall–Kier alpha value is -2.36. The van der Waals surface area contributed by atoms with Crippen molar-refractivity contribution in [2.24, 2.45) is 0 Å². The van der Waals surface area contributed by atoms with Gasteiger partial charge in [-0.05, 0) is 31.2 Å². The van der Waals surface area contributed by atoms with Crippen LogP contribution in [-0.2, 0) is 0 Å². The average Bonchev–Trinajstić information content (AvgIpc) is 2.77. The number of imidazole rings is 1. The Balaban J connectivity index is 2.26. The SMILES string of the molecule is Cc1ccc(F)c(-c2nc3c(N)cccc3[nH]2)c1. The van der Waals surface area contributed by atoms with Crippen molar-refractivity contribution in [3.63, 3.8) is 0 Å². The molecule has 0 spiro atoms. The molecule has 0 unspecified atom stereocenters. The number of benzene rings is 2. The van der Waals surface area contributed by atoms with E-state index in [9.17, 15) is 4.39 Å². The molecule has 3 N–H and O–H groups in total. The minimum Gasteiger partial charge on any atom is -0.397 e. The number of para-hydroxylation sites is 1. The number of hydrogen-bond donors (Lipinski definition) is 2. The Kier molecular flexibility index (Phi) is 2.30. The summed E-state index contributed by atoms with van der Waals surface area (Å²) in [5.74, 6) is 0.210. The van der Waals surface area contributed by atoms with E-state index in [2.05, 4.69) is 9.97 Å². The van der Waals surface area contributed by atoms with Crippen molar-refractivity contribution < 1.29 is 4.39 Å². The Morgan fingerprint density at radius 2 is 2.06 bits per heavy atom. The van der Waals surface area contributed by atoms with Gasteiger partial charge in [0.15, 0.2) is 0 Å². The fourth-order valence-electron chi connectivity index (χ4n) is 2.00. The molecule has 4 heteroatoms. The lowest BCUT2D eigenvalue weighted by atomic mass is 10.1. The standard InChI is InChI=1S/C14H12FN3/c1-8-5-6-10(15)9(7-8)14-17-12-4-2-3-11(16)13(12)18-14/h2-7H,16H2,1H3,(H,17,18). The van der Waals surface area contributed by atoms with Gasteiger partial charge in [-0.15, -0.1) is 0 Å². The number of nitrogen functional groups attached to an aromatic ring is 1. The van der Waals surface area contributed by atoms with Gasteiger partial charge in [0.1, 0.15) is 17.2 Å². The number of aromatic amines is 1. The van der Waals surface area contributed by atoms with Gasteiger partial charge in [-0.25, -0.2) is 9.37 Å². The van der Waals surface area contributed by atoms with Gasteiger partial charge in [-0.3, -0.25) is 0 Å². The Bertz CT molecular complexity index is 731. The molecule has 3 rings (SSSR count). The number of nitrogens with zero attached hydrogens (tertiary/aromatic N) is 1. The predicted molar refractivity (Wildman–Crippen MR) is 70.6 cm³/mol. The molecule has 0 fully saturated rings. The maximum absolute atomic E-state index is 13.8. The number of nitrogens with one attached hydrogen (secondary N) is 1. The molecule has 0 saturated heterocycles. The van der Waals surface area contributed by atoms with E-state index in [1.165, 1.54) is 6.07 Å². The highest BCUT2D eigenvalue weighted by Gasteiger charge is 2.11. The van der Waals surface area contributed by atoms with E-state index in [-0.39, 0.29) is 5.82 Å². The molecule has 3 nitrogen and oxygen atoms in total. The van der Waals surface area contributed by atoms with Crippen LogP contribution in [0.4, 0.5) is 10.1 Å². The van der Waals surface area contributed by atoms with Gasteiger partial charge in [-0.2, -0.15) is 0 Å². The lowest BCUT2D eigenvalue weighted by Gasteiger charge is -2.00. The molecule has 0 bridgehead atoms. The molecule has 1 aromatic heterocycles. The molecule has 18 heavy (non-hydrogen) atoms. The zero-order valence-electron chi connectivity index (χ0n) is 9.87. The predicted octanol–water partition coefficient (Wildman–Crippen LogP) is 3.26. The Labute approximate surface area is 103 Å². The number of fused-ring (bicyclic) bond motifs is 1. The molecule has 0 atom stereocenters. The van der Waals surface area contributed by atoms with Crippen LogP contribution in [0.25, 0.3) is 22.4 Å². The largest absolute Gasteiger partial charge is 0.397 e. The minimum atomic E-state index is -0.293. The van der Waals surface area contributed by atoms with Crippen molar-refractivity contribution in [2.75, 3.05) is 5.73 Å². The lowest BCUT2D eigenvalue weighted by Crippen LogP contribution is -1.88. The van der Waals surface area contributed by atoms with E-state index in [0.29, 0.717) is 22.6 Å². The van der Waals surface area contributed by atoms with Crippen LogP contribution in [0, 0.1) is 12.7 Å². The monoisotopic (exact) mass is 241 g/mol. The first-order chi connectivity index (χ1) is 8.65. The Morgan fingerprint density at radius 1 is 1.22 bits per heavy atom. The van der Waals surface area contributed by atoms with Crippen LogP contribution in [0.1, 0.15) is 5.56 Å². The highest BCUT2D eigenvalue weighted by Crippen LogP contribution is 2.26. The smallest absolute Gasteiger partial charge is 0.141 e. The number of rotatable bonds is 1. The van der Waals surface area contributed by atoms with Gasteiger partial charge in [0.25, 0.3) is 0 Å². The van der Waals surface area contributed by atoms with E-state index in [1.807, 2.05) is 19.1 Å². The average molecular weight is 241 g/mol. The molecular weight excluding hydrogens is 229 g/mol. The van der Waals surface area contributed by atoms with Gasteiger partial charge in [-0.1, -0.05) is 17.7 Å². The van der Waals surface area contributed by atoms with Gasteiger partial charge in [0.05, 0.1) is 16.8 Å². The maximum atomic E-state index is 13.8. The van der Waals surface area contributed by atoms with Crippen molar-refractivity contribution in [3.05, 3.63) is 47.8 Å². The molecule has 0 saturated carbocycles. The van der Waals surface area contributed by atoms with E-state index in [1.54, 1.807) is 18.2 Å². The molecule has 2 aromatic carbocycles. The highest BCUT2D eigenvalue weighted by atomic mass is 19.1. The second-order valence-electron chi connectivity index (χ2n) is 4.31. The number of aryl methyl sites for hydroxylation is 1. The van der Waals surface area contributed by atoms with E-state index >= 15 is 0 Å². The van der Waals surface area contributed by atoms with E-state index in [4.69, 9.17) is 5.73 Å². The van der Waals surface area contributed by atoms with Crippen molar-refractivity contribution in [3.8, 4) is 11.4 Å². The van der Waals surface area contributed by atoms with Gasteiger partial charge in [0, 0.05) is 0 Å². The normalized spacial score (nSPS) is 11.0. The summed E-state index contributed by atoms with van der Waals surface area (Å²) < 4.78 is 13.8. The van der Waals surface area contributed by atoms with Gasteiger partial charge >= 0.3 is 0 Å². The molecule has 0 aliphatic carbocycles. The van der Waals surface area contributed by atoms with Crippen molar-refractivity contribution in [2.45, 2.75) is 6.92 Å². The number of anilines is 1. The minimum absolute atomic E-state index is 0.293. The van der Waals surface area contributed by atoms with Crippen molar-refractivity contribution in [1.29, 1.82) is 0 Å². The number of nitrogens with two attached hydrogens (primary N) is 1. The lowest BCUT2D eigenvalue weighted by molar-refractivity contribution is 0.630. The summed E-state index contributed by atoms with van der Waals surface area (Å²) in [5, 5.41) is 0. The second-order valence-corrected chi connectivity index (χ2v) is 4.31. The summed E-state index contributed by atoms with van der Waals surface area (Å²) in [7, 11) is 0. The van der Waals surface area contributed by atoms with Crippen LogP contribution >= 0.6 is 0 Å². The third kappa shape index (κ3) is 1.62. The zero-order chi connectivity index (χ0) is 12.7. The van der Waals surface area contributed by atoms with Crippen LogP contribution in [-0.4, -0.2) is 9.97 Å². The van der Waals surface area contributed by atoms with Crippen molar-refractivity contribution in [1.82, 2.24) is 9.97 Å². The summed E-state index contributed by atoms with van der Waals surface area (Å²) >= 11 is 0. The number of H-pyrrole nitrogens is 1. The fourth-order valence-corrected chi connectivity index (χ4v) is 2.00. The molecule has 0 radical (unpaired) electrons. The zero-order valence-corrected chi connectivity index (χ0v) is 9.87. The number of aromatic nitrogens is 2. The number of hydrogen-bond acceptors (Lipinski definition) is 2. The van der Waals surface area contributed by atoms with E-state index < -0.39 is 0 Å². The Morgan fingerprint density at radius 3 is 2.83 bits per heavy atom. The molecule has 0 amide bonds. The summed E-state index contributed by atoms with van der Waals surface area (Å²) in [5.41, 5.74) is 9.36. The van der Waals surface area contributed by atoms with Crippen LogP contribution in [0.2, 0.25) is 0 Å². The topological polar surface area (TPSA) is 54.7 Å². The molecule has 3 aromatic rings. The molecule has 1 heterocycles. The summed E-state index contributed by atoms with van der Waals surface area (Å²) in [6.07, 6.45) is 0. The third-order valence-electron chi connectivity index (χ3n) is 2.92. The summed E-state index contributed by atoms with van der Waals surface area (Å²) in [6.45, 7) is 1.92. The summed E-state index contributed by atoms with van der Waals surface area (Å²) in [4.78, 5) is 7.45. The van der Waals surface area contributed by atoms with Gasteiger partial charge in [0.2, 0.25) is 0 Å². The van der Waals surface area contributed by atoms with Crippen molar-refractivity contribution >= 4 is 16.7 Å². The molecule has 0 aliphatic heterocycles. The number of halogens is 1. The molecule has 0 aliphatic rings. The second kappa shape index (κ2) is 3.84. The van der Waals surface area contributed by atoms with Crippen LogP contribution in [0.3, 0.4) is 0 Å². The first kappa shape index (κ1) is 10.8. The maximum Gasteiger partial charge on any atom is 0.141 e. The van der Waals surface area contributed by atoms with Crippen LogP contribution in [0.5, 0.6) is 0 Å². The highest BCUT2D eigenvalue weighted by molar-refractivity contribution is 5.89. The third-order valence-corrected chi connectivity index (χ3v) is 2.92. The summed E-state index contributed by atoms with van der Waals surface area (Å²) in [6, 6.07) is 10.4. The fraction of sp³-hybridized carbons (Fsp3) is 0.0714. The van der Waals surface area contributed by atoms with Crippen LogP contribution in [0.15, 0.2) is 36.4 Å². The first-order valence-electron chi connectivity index (χ1n) is 5.66.